The van der Waals surface area contributed by atoms with Crippen molar-refractivity contribution < 1.29 is 18.3 Å². The third-order valence-corrected chi connectivity index (χ3v) is 5.62. The molecule has 32 heavy (non-hydrogen) atoms. The number of fused-ring (bicyclic) bond motifs is 1. The van der Waals surface area contributed by atoms with Crippen LogP contribution in [0.1, 0.15) is 0 Å². The van der Waals surface area contributed by atoms with Crippen molar-refractivity contribution in [1.82, 2.24) is 15.0 Å². The van der Waals surface area contributed by atoms with E-state index in [2.05, 4.69) is 9.88 Å². The fourth-order valence-electron chi connectivity index (χ4n) is 3.81. The lowest BCUT2D eigenvalue weighted by molar-refractivity contribution is 0.0785. The molecule has 0 unspecified atom stereocenters. The fourth-order valence-corrected chi connectivity index (χ4v) is 3.81. The first-order valence-corrected chi connectivity index (χ1v) is 10.1. The minimum Gasteiger partial charge on any atom is -0.494 e. The van der Waals surface area contributed by atoms with Crippen LogP contribution in [0.3, 0.4) is 0 Å². The van der Waals surface area contributed by atoms with Gasteiger partial charge in [0.2, 0.25) is 0 Å². The Balaban J connectivity index is 1.73. The Hall–Kier alpha value is -3.65. The molecule has 162 valence electrons. The van der Waals surface area contributed by atoms with Gasteiger partial charge in [-0.25, -0.2) is 18.7 Å². The van der Waals surface area contributed by atoms with Crippen molar-refractivity contribution in [3.05, 3.63) is 66.5 Å². The smallest absolute Gasteiger partial charge is 0.163 e. The minimum absolute atomic E-state index is 0.123. The first-order chi connectivity index (χ1) is 15.6. The van der Waals surface area contributed by atoms with Gasteiger partial charge in [0.05, 0.1) is 13.2 Å². The zero-order chi connectivity index (χ0) is 22.2. The second kappa shape index (κ2) is 8.12. The van der Waals surface area contributed by atoms with Gasteiger partial charge in [-0.2, -0.15) is 0 Å². The maximum Gasteiger partial charge on any atom is 0.163 e. The summed E-state index contributed by atoms with van der Waals surface area (Å²) in [6, 6.07) is 11.2. The summed E-state index contributed by atoms with van der Waals surface area (Å²) in [4.78, 5) is 15.9. The highest BCUT2D eigenvalue weighted by Crippen LogP contribution is 2.38. The normalized spacial score (nSPS) is 13.9. The van der Waals surface area contributed by atoms with Crippen LogP contribution in [-0.2, 0) is 4.74 Å². The predicted octanol–water partition coefficient (Wildman–Crippen LogP) is 4.48. The molecule has 0 N–H and O–H groups in total. The zero-order valence-electron chi connectivity index (χ0n) is 17.5. The van der Waals surface area contributed by atoms with Gasteiger partial charge >= 0.3 is 0 Å². The summed E-state index contributed by atoms with van der Waals surface area (Å²) >= 11 is 0. The third kappa shape index (κ3) is 3.52. The Morgan fingerprint density at radius 3 is 2.47 bits per heavy atom. The summed E-state index contributed by atoms with van der Waals surface area (Å²) in [7, 11) is 3.24. The van der Waals surface area contributed by atoms with Crippen molar-refractivity contribution in [3.63, 3.8) is 0 Å². The second-order valence-corrected chi connectivity index (χ2v) is 7.58. The lowest BCUT2D eigenvalue weighted by atomic mass is 10.0. The summed E-state index contributed by atoms with van der Waals surface area (Å²) in [5.41, 5.74) is 2.62. The maximum absolute atomic E-state index is 13.9. The Morgan fingerprint density at radius 2 is 1.78 bits per heavy atom. The van der Waals surface area contributed by atoms with Gasteiger partial charge in [0.25, 0.3) is 0 Å². The van der Waals surface area contributed by atoms with Gasteiger partial charge in [-0.05, 0) is 47.5 Å². The van der Waals surface area contributed by atoms with E-state index < -0.39 is 11.6 Å². The number of rotatable bonds is 5. The molecule has 0 bridgehead atoms. The van der Waals surface area contributed by atoms with Crippen molar-refractivity contribution in [2.75, 3.05) is 32.2 Å². The number of ether oxygens (including phenoxy) is 2. The molecule has 3 heterocycles. The summed E-state index contributed by atoms with van der Waals surface area (Å²) in [5.74, 6) is -0.0291. The first-order valence-electron chi connectivity index (χ1n) is 10.1. The third-order valence-electron chi connectivity index (χ3n) is 5.62. The molecular formula is C24H20F2N4O2. The molecular weight excluding hydrogens is 414 g/mol. The first kappa shape index (κ1) is 20.3. The van der Waals surface area contributed by atoms with E-state index in [1.807, 2.05) is 18.2 Å². The summed E-state index contributed by atoms with van der Waals surface area (Å²) in [5, 5.41) is 0.756. The van der Waals surface area contributed by atoms with Crippen LogP contribution in [-0.4, -0.2) is 48.4 Å². The van der Waals surface area contributed by atoms with Crippen LogP contribution in [0.4, 0.5) is 14.6 Å². The molecule has 2 aromatic heterocycles. The molecule has 0 radical (unpaired) electrons. The highest BCUT2D eigenvalue weighted by atomic mass is 19.2. The van der Waals surface area contributed by atoms with Gasteiger partial charge in [-0.15, -0.1) is 0 Å². The molecule has 1 saturated heterocycles. The van der Waals surface area contributed by atoms with E-state index in [4.69, 9.17) is 19.4 Å². The van der Waals surface area contributed by atoms with Crippen molar-refractivity contribution in [3.8, 4) is 28.3 Å². The van der Waals surface area contributed by atoms with Gasteiger partial charge in [-0.3, -0.25) is 4.98 Å². The number of aromatic nitrogens is 3. The molecule has 6 nitrogen and oxygen atoms in total. The molecule has 0 atom stereocenters. The average molecular weight is 434 g/mol. The minimum atomic E-state index is -0.907. The van der Waals surface area contributed by atoms with E-state index in [-0.39, 0.29) is 6.10 Å². The van der Waals surface area contributed by atoms with Crippen LogP contribution in [0.2, 0.25) is 0 Å². The van der Waals surface area contributed by atoms with E-state index in [1.165, 1.54) is 12.1 Å². The number of methoxy groups -OCH3 is 2. The second-order valence-electron chi connectivity index (χ2n) is 7.58. The van der Waals surface area contributed by atoms with Gasteiger partial charge in [-0.1, -0.05) is 6.07 Å². The molecule has 1 fully saturated rings. The van der Waals surface area contributed by atoms with E-state index in [0.29, 0.717) is 41.3 Å². The summed E-state index contributed by atoms with van der Waals surface area (Å²) < 4.78 is 38.4. The largest absolute Gasteiger partial charge is 0.494 e. The summed E-state index contributed by atoms with van der Waals surface area (Å²) in [6.45, 7) is 1.37. The van der Waals surface area contributed by atoms with E-state index >= 15 is 0 Å². The highest BCUT2D eigenvalue weighted by molar-refractivity contribution is 5.98. The predicted molar refractivity (Wildman–Crippen MR) is 118 cm³/mol. The number of hydrogen-bond acceptors (Lipinski definition) is 6. The van der Waals surface area contributed by atoms with E-state index in [9.17, 15) is 8.78 Å². The quantitative estimate of drug-likeness (QED) is 0.462. The number of pyridine rings is 1. The van der Waals surface area contributed by atoms with Crippen LogP contribution in [0, 0.1) is 11.6 Å². The van der Waals surface area contributed by atoms with Crippen molar-refractivity contribution in [2.24, 2.45) is 0 Å². The summed E-state index contributed by atoms with van der Waals surface area (Å²) in [6.07, 6.45) is 3.53. The topological polar surface area (TPSA) is 60.4 Å². The molecule has 0 saturated carbocycles. The number of hydrogen-bond donors (Lipinski definition) is 0. The molecule has 2 aromatic carbocycles. The highest BCUT2D eigenvalue weighted by Gasteiger charge is 2.30. The van der Waals surface area contributed by atoms with Crippen LogP contribution >= 0.6 is 0 Å². The monoisotopic (exact) mass is 434 g/mol. The number of anilines is 1. The van der Waals surface area contributed by atoms with Crippen LogP contribution in [0.25, 0.3) is 33.4 Å². The lowest BCUT2D eigenvalue weighted by Gasteiger charge is -2.39. The van der Waals surface area contributed by atoms with Gasteiger partial charge < -0.3 is 14.4 Å². The molecule has 0 aliphatic carbocycles. The Labute approximate surface area is 183 Å². The molecule has 8 heteroatoms. The van der Waals surface area contributed by atoms with E-state index in [0.717, 1.165) is 22.8 Å². The SMILES string of the molecule is COc1cc(-c2ccc(F)c(F)c2)cc2c(N3CC(OC)C3)nc(-c3cccnc3)nc12. The molecule has 0 amide bonds. The number of halogens is 2. The molecule has 0 spiro atoms. The maximum atomic E-state index is 13.9. The molecule has 5 rings (SSSR count). The van der Waals surface area contributed by atoms with Gasteiger partial charge in [0.1, 0.15) is 17.1 Å². The molecule has 1 aliphatic rings. The zero-order valence-corrected chi connectivity index (χ0v) is 17.5. The van der Waals surface area contributed by atoms with Crippen molar-refractivity contribution in [1.29, 1.82) is 0 Å². The molecule has 4 aromatic rings. The Kier molecular flexibility index (Phi) is 5.14. The number of nitrogens with zero attached hydrogens (tertiary/aromatic N) is 4. The van der Waals surface area contributed by atoms with E-state index in [1.54, 1.807) is 32.7 Å². The Morgan fingerprint density at radius 1 is 0.938 bits per heavy atom. The van der Waals surface area contributed by atoms with Crippen LogP contribution in [0.15, 0.2) is 54.9 Å². The van der Waals surface area contributed by atoms with Crippen molar-refractivity contribution in [2.45, 2.75) is 6.10 Å². The Bertz CT molecular complexity index is 1290. The van der Waals surface area contributed by atoms with Crippen molar-refractivity contribution >= 4 is 16.7 Å². The molecule has 1 aliphatic heterocycles. The number of benzene rings is 2. The fraction of sp³-hybridized carbons (Fsp3) is 0.208. The van der Waals surface area contributed by atoms with Gasteiger partial charge in [0.15, 0.2) is 17.5 Å². The standard InChI is InChI=1S/C24H20F2N4O2/c1-31-17-12-30(13-17)24-18-8-16(14-5-6-19(25)20(26)9-14)10-21(32-2)22(18)28-23(29-24)15-4-3-7-27-11-15/h3-11,17H,12-13H2,1-2H3. The van der Waals surface area contributed by atoms with Crippen LogP contribution in [0.5, 0.6) is 5.75 Å². The lowest BCUT2D eigenvalue weighted by Crippen LogP contribution is -2.52. The van der Waals surface area contributed by atoms with Crippen LogP contribution < -0.4 is 9.64 Å². The average Bonchev–Trinajstić information content (AvgIpc) is 2.80. The van der Waals surface area contributed by atoms with Gasteiger partial charge in [0, 0.05) is 43.5 Å².